The Balaban J connectivity index is 1.35. The molecule has 0 amide bonds. The van der Waals surface area contributed by atoms with Gasteiger partial charge >= 0.3 is 0 Å². The van der Waals surface area contributed by atoms with Crippen molar-refractivity contribution in [3.8, 4) is 11.3 Å². The van der Waals surface area contributed by atoms with Crippen molar-refractivity contribution in [2.75, 3.05) is 26.2 Å². The zero-order valence-corrected chi connectivity index (χ0v) is 22.1. The van der Waals surface area contributed by atoms with Crippen LogP contribution < -0.4 is 0 Å². The minimum absolute atomic E-state index is 0.241. The Morgan fingerprint density at radius 2 is 1.61 bits per heavy atom. The molecule has 33 heavy (non-hydrogen) atoms. The van der Waals surface area contributed by atoms with Gasteiger partial charge in [-0.3, -0.25) is 0 Å². The smallest absolute Gasteiger partial charge is 0.0964 e. The normalized spacial score (nSPS) is 20.6. The Hall–Kier alpha value is -1.23. The second-order valence-corrected chi connectivity index (χ2v) is 12.6. The van der Waals surface area contributed by atoms with Crippen LogP contribution in [0.5, 0.6) is 0 Å². The lowest BCUT2D eigenvalue weighted by Crippen LogP contribution is -2.33. The first-order chi connectivity index (χ1) is 15.8. The van der Waals surface area contributed by atoms with Gasteiger partial charge in [-0.25, -0.2) is 4.98 Å². The predicted molar refractivity (Wildman–Crippen MR) is 141 cm³/mol. The average Bonchev–Trinajstić information content (AvgIpc) is 3.30. The van der Waals surface area contributed by atoms with Crippen LogP contribution in [0.4, 0.5) is 0 Å². The van der Waals surface area contributed by atoms with Crippen molar-refractivity contribution in [2.24, 2.45) is 0 Å². The van der Waals surface area contributed by atoms with Gasteiger partial charge in [0.2, 0.25) is 0 Å². The number of unbranched alkanes of at least 4 members (excludes halogenated alkanes) is 4. The number of aliphatic hydroxyl groups excluding tert-OH is 1. The van der Waals surface area contributed by atoms with Crippen LogP contribution in [0.1, 0.15) is 108 Å². The molecule has 1 saturated heterocycles. The first kappa shape index (κ1) is 24.9. The molecule has 1 fully saturated rings. The Labute approximate surface area is 205 Å². The van der Waals surface area contributed by atoms with E-state index in [1.54, 1.807) is 0 Å². The molecule has 0 radical (unpaired) electrons. The van der Waals surface area contributed by atoms with Crippen LogP contribution >= 0.6 is 11.3 Å². The third-order valence-corrected chi connectivity index (χ3v) is 9.25. The monoisotopic (exact) mass is 468 g/mol. The van der Waals surface area contributed by atoms with E-state index in [2.05, 4.69) is 56.2 Å². The second-order valence-electron chi connectivity index (χ2n) is 11.7. The summed E-state index contributed by atoms with van der Waals surface area (Å²) in [6.45, 7) is 13.6. The van der Waals surface area contributed by atoms with Crippen molar-refractivity contribution in [3.05, 3.63) is 39.7 Å². The minimum atomic E-state index is 0.241. The van der Waals surface area contributed by atoms with E-state index < -0.39 is 0 Å². The molecule has 0 bridgehead atoms. The number of thiazole rings is 1. The molecule has 1 aromatic heterocycles. The average molecular weight is 469 g/mol. The minimum Gasteiger partial charge on any atom is -0.396 e. The van der Waals surface area contributed by atoms with E-state index in [0.717, 1.165) is 6.42 Å². The lowest BCUT2D eigenvalue weighted by molar-refractivity contribution is 0.207. The van der Waals surface area contributed by atoms with E-state index >= 15 is 0 Å². The maximum atomic E-state index is 8.89. The van der Waals surface area contributed by atoms with E-state index in [-0.39, 0.29) is 10.8 Å². The van der Waals surface area contributed by atoms with Crippen LogP contribution in [-0.4, -0.2) is 41.2 Å². The fraction of sp³-hybridized carbons (Fsp3) is 0.690. The topological polar surface area (TPSA) is 36.4 Å². The van der Waals surface area contributed by atoms with Gasteiger partial charge < -0.3 is 10.0 Å². The van der Waals surface area contributed by atoms with Crippen LogP contribution in [0, 0.1) is 0 Å². The van der Waals surface area contributed by atoms with Gasteiger partial charge in [-0.1, -0.05) is 59.1 Å². The van der Waals surface area contributed by atoms with Crippen LogP contribution in [0.25, 0.3) is 11.3 Å². The molecule has 0 atom stereocenters. The molecule has 1 aromatic carbocycles. The van der Waals surface area contributed by atoms with Gasteiger partial charge in [0.1, 0.15) is 0 Å². The molecular formula is C29H44N2OS. The van der Waals surface area contributed by atoms with Crippen molar-refractivity contribution < 1.29 is 5.11 Å². The van der Waals surface area contributed by atoms with Gasteiger partial charge in [-0.05, 0) is 86.2 Å². The van der Waals surface area contributed by atoms with Gasteiger partial charge in [-0.15, -0.1) is 11.3 Å². The van der Waals surface area contributed by atoms with E-state index in [1.807, 2.05) is 11.3 Å². The fourth-order valence-electron chi connectivity index (χ4n) is 5.74. The van der Waals surface area contributed by atoms with Crippen molar-refractivity contribution in [1.29, 1.82) is 0 Å². The number of piperidine rings is 1. The molecule has 3 nitrogen and oxygen atoms in total. The third kappa shape index (κ3) is 5.89. The molecule has 0 saturated carbocycles. The second kappa shape index (κ2) is 10.6. The fourth-order valence-corrected chi connectivity index (χ4v) is 6.74. The summed E-state index contributed by atoms with van der Waals surface area (Å²) >= 11 is 1.87. The molecule has 1 aliphatic heterocycles. The molecular weight excluding hydrogens is 424 g/mol. The summed E-state index contributed by atoms with van der Waals surface area (Å²) in [5, 5.41) is 12.5. The summed E-state index contributed by atoms with van der Waals surface area (Å²) in [4.78, 5) is 7.79. The number of likely N-dealkylation sites (tertiary alicyclic amines) is 1. The summed E-state index contributed by atoms with van der Waals surface area (Å²) in [5.41, 5.74) is 6.02. The van der Waals surface area contributed by atoms with Gasteiger partial charge in [0.05, 0.1) is 10.7 Å². The predicted octanol–water partition coefficient (Wildman–Crippen LogP) is 7.28. The standard InChI is InChI=1S/C29H44N2OS/c1-28(2)14-15-29(3,4)25-20-23(10-11-24(25)28)26-21-33-27(30-26)22-12-17-31(18-13-22)16-8-6-5-7-9-19-32/h10-11,20-22,32H,5-9,12-19H2,1-4H3. The van der Waals surface area contributed by atoms with Crippen LogP contribution in [0.2, 0.25) is 0 Å². The highest BCUT2D eigenvalue weighted by Crippen LogP contribution is 2.47. The Morgan fingerprint density at radius 3 is 2.33 bits per heavy atom. The number of aromatic nitrogens is 1. The first-order valence-corrected chi connectivity index (χ1v) is 14.1. The van der Waals surface area contributed by atoms with E-state index in [1.165, 1.54) is 98.4 Å². The number of aliphatic hydroxyl groups is 1. The van der Waals surface area contributed by atoms with Gasteiger partial charge in [0, 0.05) is 23.5 Å². The quantitative estimate of drug-likeness (QED) is 0.393. The maximum absolute atomic E-state index is 8.89. The van der Waals surface area contributed by atoms with Crippen molar-refractivity contribution >= 4 is 11.3 Å². The first-order valence-electron chi connectivity index (χ1n) is 13.2. The highest BCUT2D eigenvalue weighted by Gasteiger charge is 2.37. The summed E-state index contributed by atoms with van der Waals surface area (Å²) in [6.07, 6.45) is 11.0. The SMILES string of the molecule is CC1(C)CCC(C)(C)c2cc(-c3csc(C4CCN(CCCCCCCO)CC4)n3)ccc21. The largest absolute Gasteiger partial charge is 0.396 e. The van der Waals surface area contributed by atoms with Crippen molar-refractivity contribution in [3.63, 3.8) is 0 Å². The molecule has 0 unspecified atom stereocenters. The Bertz CT molecular complexity index is 908. The molecule has 0 spiro atoms. The van der Waals surface area contributed by atoms with E-state index in [0.29, 0.717) is 12.5 Å². The zero-order chi connectivity index (χ0) is 23.5. The third-order valence-electron chi connectivity index (χ3n) is 8.24. The number of fused-ring (bicyclic) bond motifs is 1. The summed E-state index contributed by atoms with van der Waals surface area (Å²) in [6, 6.07) is 7.13. The van der Waals surface area contributed by atoms with Gasteiger partial charge in [0.15, 0.2) is 0 Å². The number of benzene rings is 1. The van der Waals surface area contributed by atoms with Crippen molar-refractivity contribution in [1.82, 2.24) is 9.88 Å². The van der Waals surface area contributed by atoms with E-state index in [9.17, 15) is 0 Å². The summed E-state index contributed by atoms with van der Waals surface area (Å²) in [5.74, 6) is 0.623. The highest BCUT2D eigenvalue weighted by atomic mass is 32.1. The van der Waals surface area contributed by atoms with E-state index in [4.69, 9.17) is 10.1 Å². The summed E-state index contributed by atoms with van der Waals surface area (Å²) in [7, 11) is 0. The number of hydrogen-bond acceptors (Lipinski definition) is 4. The molecule has 4 rings (SSSR count). The highest BCUT2D eigenvalue weighted by molar-refractivity contribution is 7.10. The van der Waals surface area contributed by atoms with Crippen LogP contribution in [-0.2, 0) is 10.8 Å². The lowest BCUT2D eigenvalue weighted by Gasteiger charge is -2.42. The van der Waals surface area contributed by atoms with Crippen LogP contribution in [0.3, 0.4) is 0 Å². The molecule has 1 N–H and O–H groups in total. The molecule has 2 aromatic rings. The summed E-state index contributed by atoms with van der Waals surface area (Å²) < 4.78 is 0. The molecule has 1 aliphatic carbocycles. The maximum Gasteiger partial charge on any atom is 0.0964 e. The molecule has 2 aliphatic rings. The van der Waals surface area contributed by atoms with Crippen molar-refractivity contribution in [2.45, 2.75) is 102 Å². The number of rotatable bonds is 9. The molecule has 4 heteroatoms. The van der Waals surface area contributed by atoms with Gasteiger partial charge in [-0.2, -0.15) is 0 Å². The van der Waals surface area contributed by atoms with Gasteiger partial charge in [0.25, 0.3) is 0 Å². The lowest BCUT2D eigenvalue weighted by atomic mass is 9.63. The van der Waals surface area contributed by atoms with Crippen LogP contribution in [0.15, 0.2) is 23.6 Å². The Kier molecular flexibility index (Phi) is 7.98. The number of nitrogens with zero attached hydrogens (tertiary/aromatic N) is 2. The zero-order valence-electron chi connectivity index (χ0n) is 21.3. The number of hydrogen-bond donors (Lipinski definition) is 1. The molecule has 182 valence electrons. The molecule has 2 heterocycles. The Morgan fingerprint density at radius 1 is 0.939 bits per heavy atom.